The summed E-state index contributed by atoms with van der Waals surface area (Å²) in [7, 11) is 1.66. The number of ether oxygens (including phenoxy) is 1. The number of nitrogens with one attached hydrogen (secondary N) is 1. The van der Waals surface area contributed by atoms with Crippen molar-refractivity contribution in [3.63, 3.8) is 0 Å². The van der Waals surface area contributed by atoms with E-state index in [1.54, 1.807) is 7.11 Å². The van der Waals surface area contributed by atoms with Crippen LogP contribution in [0.15, 0.2) is 24.3 Å². The second-order valence-electron chi connectivity index (χ2n) is 3.52. The fourth-order valence-electron chi connectivity index (χ4n) is 1.34. The van der Waals surface area contributed by atoms with Crippen molar-refractivity contribution in [3.8, 4) is 5.75 Å². The molecule has 1 atom stereocenters. The third-order valence-electron chi connectivity index (χ3n) is 2.47. The fraction of sp³-hybridized carbons (Fsp3) is 0.500. The minimum atomic E-state index is 0.187. The molecule has 0 saturated carbocycles. The Kier molecular flexibility index (Phi) is 5.15. The molecule has 2 N–H and O–H groups in total. The Morgan fingerprint density at radius 3 is 2.47 bits per heavy atom. The van der Waals surface area contributed by atoms with Gasteiger partial charge in [0.1, 0.15) is 5.75 Å². The van der Waals surface area contributed by atoms with Crippen molar-refractivity contribution in [1.82, 2.24) is 5.32 Å². The Morgan fingerprint density at radius 1 is 1.33 bits per heavy atom. The van der Waals surface area contributed by atoms with Crippen molar-refractivity contribution in [2.75, 3.05) is 13.7 Å². The number of aliphatic hydroxyl groups is 1. The summed E-state index contributed by atoms with van der Waals surface area (Å²) in [6, 6.07) is 8.12. The number of aliphatic hydroxyl groups excluding tert-OH is 1. The van der Waals surface area contributed by atoms with E-state index in [0.717, 1.165) is 18.7 Å². The van der Waals surface area contributed by atoms with Crippen LogP contribution in [0.1, 0.15) is 18.9 Å². The first kappa shape index (κ1) is 12.0. The summed E-state index contributed by atoms with van der Waals surface area (Å²) in [5.74, 6) is 0.868. The summed E-state index contributed by atoms with van der Waals surface area (Å²) < 4.78 is 5.08. The fourth-order valence-corrected chi connectivity index (χ4v) is 1.34. The van der Waals surface area contributed by atoms with E-state index < -0.39 is 0 Å². The van der Waals surface area contributed by atoms with Crippen LogP contribution in [0.3, 0.4) is 0 Å². The van der Waals surface area contributed by atoms with E-state index in [0.29, 0.717) is 0 Å². The Labute approximate surface area is 91.1 Å². The summed E-state index contributed by atoms with van der Waals surface area (Å²) >= 11 is 0. The van der Waals surface area contributed by atoms with E-state index in [1.807, 2.05) is 24.3 Å². The largest absolute Gasteiger partial charge is 0.497 e. The SMILES string of the molecule is CC[C@H](CO)NCc1ccc(OC)cc1. The van der Waals surface area contributed by atoms with E-state index in [-0.39, 0.29) is 12.6 Å². The third-order valence-corrected chi connectivity index (χ3v) is 2.47. The lowest BCUT2D eigenvalue weighted by Crippen LogP contribution is -2.31. The van der Waals surface area contributed by atoms with Crippen LogP contribution < -0.4 is 10.1 Å². The van der Waals surface area contributed by atoms with E-state index in [9.17, 15) is 0 Å². The van der Waals surface area contributed by atoms with Crippen LogP contribution in [-0.4, -0.2) is 24.9 Å². The molecule has 1 aromatic carbocycles. The Bertz CT molecular complexity index is 267. The average molecular weight is 209 g/mol. The normalized spacial score (nSPS) is 12.5. The molecule has 0 amide bonds. The van der Waals surface area contributed by atoms with Crippen molar-refractivity contribution >= 4 is 0 Å². The summed E-state index contributed by atoms with van der Waals surface area (Å²) in [5.41, 5.74) is 1.20. The van der Waals surface area contributed by atoms with Gasteiger partial charge in [0.25, 0.3) is 0 Å². The van der Waals surface area contributed by atoms with Crippen LogP contribution in [0.4, 0.5) is 0 Å². The third kappa shape index (κ3) is 3.90. The van der Waals surface area contributed by atoms with Crippen molar-refractivity contribution in [2.45, 2.75) is 25.9 Å². The van der Waals surface area contributed by atoms with Gasteiger partial charge in [0.2, 0.25) is 0 Å². The molecule has 0 aliphatic carbocycles. The van der Waals surface area contributed by atoms with E-state index in [4.69, 9.17) is 9.84 Å². The maximum absolute atomic E-state index is 9.00. The molecule has 0 unspecified atom stereocenters. The lowest BCUT2D eigenvalue weighted by atomic mass is 10.2. The number of methoxy groups -OCH3 is 1. The smallest absolute Gasteiger partial charge is 0.118 e. The van der Waals surface area contributed by atoms with Gasteiger partial charge in [-0.3, -0.25) is 0 Å². The molecule has 0 radical (unpaired) electrons. The lowest BCUT2D eigenvalue weighted by molar-refractivity contribution is 0.238. The molecule has 0 aliphatic heterocycles. The molecule has 0 saturated heterocycles. The zero-order chi connectivity index (χ0) is 11.1. The Hall–Kier alpha value is -1.06. The van der Waals surface area contributed by atoms with Crippen LogP contribution in [0.25, 0.3) is 0 Å². The first-order valence-corrected chi connectivity index (χ1v) is 5.27. The molecule has 0 heterocycles. The van der Waals surface area contributed by atoms with Crippen LogP contribution in [0, 0.1) is 0 Å². The van der Waals surface area contributed by atoms with Gasteiger partial charge in [-0.05, 0) is 24.1 Å². The number of hydrogen-bond acceptors (Lipinski definition) is 3. The second-order valence-corrected chi connectivity index (χ2v) is 3.52. The number of hydrogen-bond donors (Lipinski definition) is 2. The highest BCUT2D eigenvalue weighted by atomic mass is 16.5. The molecule has 0 spiro atoms. The van der Waals surface area contributed by atoms with Gasteiger partial charge in [0.05, 0.1) is 13.7 Å². The molecule has 0 fully saturated rings. The van der Waals surface area contributed by atoms with Gasteiger partial charge < -0.3 is 15.2 Å². The van der Waals surface area contributed by atoms with Crippen LogP contribution >= 0.6 is 0 Å². The van der Waals surface area contributed by atoms with Crippen LogP contribution in [0.2, 0.25) is 0 Å². The molecule has 0 aromatic heterocycles. The highest BCUT2D eigenvalue weighted by molar-refractivity contribution is 5.27. The molecule has 3 heteroatoms. The number of benzene rings is 1. The van der Waals surface area contributed by atoms with E-state index in [1.165, 1.54) is 5.56 Å². The minimum Gasteiger partial charge on any atom is -0.497 e. The molecule has 0 bridgehead atoms. The second kappa shape index (κ2) is 6.43. The van der Waals surface area contributed by atoms with E-state index >= 15 is 0 Å². The predicted octanol–water partition coefficient (Wildman–Crippen LogP) is 1.56. The van der Waals surface area contributed by atoms with Gasteiger partial charge in [0.15, 0.2) is 0 Å². The maximum Gasteiger partial charge on any atom is 0.118 e. The van der Waals surface area contributed by atoms with E-state index in [2.05, 4.69) is 12.2 Å². The summed E-state index contributed by atoms with van der Waals surface area (Å²) in [4.78, 5) is 0. The summed E-state index contributed by atoms with van der Waals surface area (Å²) in [6.07, 6.45) is 0.937. The Balaban J connectivity index is 2.43. The van der Waals surface area contributed by atoms with Gasteiger partial charge in [-0.2, -0.15) is 0 Å². The van der Waals surface area contributed by atoms with Gasteiger partial charge >= 0.3 is 0 Å². The highest BCUT2D eigenvalue weighted by Gasteiger charge is 2.02. The molecule has 1 rings (SSSR count). The van der Waals surface area contributed by atoms with Crippen LogP contribution in [0.5, 0.6) is 5.75 Å². The van der Waals surface area contributed by atoms with Gasteiger partial charge in [0, 0.05) is 12.6 Å². The average Bonchev–Trinajstić information content (AvgIpc) is 2.31. The molecular weight excluding hydrogens is 190 g/mol. The predicted molar refractivity (Wildman–Crippen MR) is 61.0 cm³/mol. The minimum absolute atomic E-state index is 0.187. The summed E-state index contributed by atoms with van der Waals surface area (Å²) in [5, 5.41) is 12.3. The van der Waals surface area contributed by atoms with Crippen molar-refractivity contribution < 1.29 is 9.84 Å². The van der Waals surface area contributed by atoms with Crippen molar-refractivity contribution in [2.24, 2.45) is 0 Å². The van der Waals surface area contributed by atoms with Gasteiger partial charge in [-0.1, -0.05) is 19.1 Å². The van der Waals surface area contributed by atoms with Crippen molar-refractivity contribution in [3.05, 3.63) is 29.8 Å². The Morgan fingerprint density at radius 2 is 2.00 bits per heavy atom. The molecule has 15 heavy (non-hydrogen) atoms. The first-order chi connectivity index (χ1) is 7.30. The maximum atomic E-state index is 9.00. The number of rotatable bonds is 6. The highest BCUT2D eigenvalue weighted by Crippen LogP contribution is 2.11. The topological polar surface area (TPSA) is 41.5 Å². The zero-order valence-electron chi connectivity index (χ0n) is 9.36. The molecular formula is C12H19NO2. The molecule has 3 nitrogen and oxygen atoms in total. The lowest BCUT2D eigenvalue weighted by Gasteiger charge is -2.13. The molecule has 1 aromatic rings. The first-order valence-electron chi connectivity index (χ1n) is 5.27. The van der Waals surface area contributed by atoms with Gasteiger partial charge in [-0.25, -0.2) is 0 Å². The van der Waals surface area contributed by atoms with Crippen molar-refractivity contribution in [1.29, 1.82) is 0 Å². The monoisotopic (exact) mass is 209 g/mol. The van der Waals surface area contributed by atoms with Crippen LogP contribution in [-0.2, 0) is 6.54 Å². The van der Waals surface area contributed by atoms with Gasteiger partial charge in [-0.15, -0.1) is 0 Å². The summed E-state index contributed by atoms with van der Waals surface area (Å²) in [6.45, 7) is 3.03. The quantitative estimate of drug-likeness (QED) is 0.747. The molecule has 84 valence electrons. The zero-order valence-corrected chi connectivity index (χ0v) is 9.36. The standard InChI is InChI=1S/C12H19NO2/c1-3-11(9-14)13-8-10-4-6-12(15-2)7-5-10/h4-7,11,13-14H,3,8-9H2,1-2H3/t11-/m1/s1. The molecule has 0 aliphatic rings.